The summed E-state index contributed by atoms with van der Waals surface area (Å²) < 4.78 is 7.73. The van der Waals surface area contributed by atoms with Crippen molar-refractivity contribution in [2.45, 2.75) is 20.4 Å². The molecule has 82 valence electrons. The molecule has 0 spiro atoms. The molecule has 2 rings (SSSR count). The van der Waals surface area contributed by atoms with E-state index in [2.05, 4.69) is 26.0 Å². The molecule has 0 unspecified atom stereocenters. The van der Waals surface area contributed by atoms with Gasteiger partial charge in [0.25, 0.3) is 0 Å². The minimum Gasteiger partial charge on any atom is -0.444 e. The molecule has 2 heterocycles. The van der Waals surface area contributed by atoms with Gasteiger partial charge in [0.15, 0.2) is 5.69 Å². The van der Waals surface area contributed by atoms with Gasteiger partial charge in [0.2, 0.25) is 5.89 Å². The molecule has 0 aliphatic heterocycles. The fourth-order valence-corrected chi connectivity index (χ4v) is 1.70. The molecule has 0 saturated heterocycles. The van der Waals surface area contributed by atoms with Crippen LogP contribution in [0, 0.1) is 25.2 Å². The average Bonchev–Trinajstić information content (AvgIpc) is 2.72. The highest BCUT2D eigenvalue weighted by Crippen LogP contribution is 2.15. The number of nitriles is 1. The molecule has 2 aromatic rings. The van der Waals surface area contributed by atoms with E-state index in [1.54, 1.807) is 10.9 Å². The Bertz CT molecular complexity index is 544. The zero-order valence-electron chi connectivity index (χ0n) is 8.86. The molecular formula is C10H9BrN4O. The Morgan fingerprint density at radius 2 is 2.31 bits per heavy atom. The Kier molecular flexibility index (Phi) is 2.79. The first-order valence-electron chi connectivity index (χ1n) is 4.66. The van der Waals surface area contributed by atoms with Crippen LogP contribution in [0.4, 0.5) is 0 Å². The predicted molar refractivity (Wildman–Crippen MR) is 59.7 cm³/mol. The van der Waals surface area contributed by atoms with Gasteiger partial charge in [-0.25, -0.2) is 4.98 Å². The normalized spacial score (nSPS) is 10.4. The predicted octanol–water partition coefficient (Wildman–Crippen LogP) is 2.17. The van der Waals surface area contributed by atoms with Gasteiger partial charge in [-0.1, -0.05) is 0 Å². The molecule has 0 radical (unpaired) electrons. The van der Waals surface area contributed by atoms with Crippen LogP contribution in [-0.2, 0) is 6.54 Å². The summed E-state index contributed by atoms with van der Waals surface area (Å²) in [6, 6.07) is 1.99. The average molecular weight is 281 g/mol. The third kappa shape index (κ3) is 1.99. The quantitative estimate of drug-likeness (QED) is 0.846. The van der Waals surface area contributed by atoms with Crippen LogP contribution in [-0.4, -0.2) is 14.8 Å². The number of aromatic nitrogens is 3. The summed E-state index contributed by atoms with van der Waals surface area (Å²) in [4.78, 5) is 4.24. The number of hydrogen-bond donors (Lipinski definition) is 0. The number of oxazole rings is 1. The van der Waals surface area contributed by atoms with Gasteiger partial charge in [0, 0.05) is 6.20 Å². The Morgan fingerprint density at radius 3 is 2.81 bits per heavy atom. The van der Waals surface area contributed by atoms with Gasteiger partial charge in [-0.15, -0.1) is 0 Å². The van der Waals surface area contributed by atoms with Crippen LogP contribution in [0.5, 0.6) is 0 Å². The van der Waals surface area contributed by atoms with Crippen LogP contribution in [0.15, 0.2) is 15.1 Å². The molecule has 0 amide bonds. The second kappa shape index (κ2) is 4.10. The number of halogens is 1. The number of rotatable bonds is 2. The maximum atomic E-state index is 8.75. The zero-order chi connectivity index (χ0) is 11.7. The highest BCUT2D eigenvalue weighted by atomic mass is 79.9. The molecule has 0 saturated carbocycles. The van der Waals surface area contributed by atoms with E-state index in [0.29, 0.717) is 22.6 Å². The van der Waals surface area contributed by atoms with Gasteiger partial charge >= 0.3 is 0 Å². The fourth-order valence-electron chi connectivity index (χ4n) is 1.30. The minimum atomic E-state index is 0.361. The summed E-state index contributed by atoms with van der Waals surface area (Å²) in [5, 5.41) is 12.8. The van der Waals surface area contributed by atoms with E-state index >= 15 is 0 Å². The molecule has 16 heavy (non-hydrogen) atoms. The van der Waals surface area contributed by atoms with Crippen LogP contribution < -0.4 is 0 Å². The summed E-state index contributed by atoms with van der Waals surface area (Å²) in [7, 11) is 0. The first-order valence-corrected chi connectivity index (χ1v) is 5.45. The molecule has 0 aliphatic rings. The van der Waals surface area contributed by atoms with Gasteiger partial charge in [-0.05, 0) is 29.8 Å². The van der Waals surface area contributed by atoms with E-state index in [1.807, 2.05) is 19.9 Å². The van der Waals surface area contributed by atoms with Crippen molar-refractivity contribution in [2.24, 2.45) is 0 Å². The van der Waals surface area contributed by atoms with Crippen molar-refractivity contribution >= 4 is 15.9 Å². The van der Waals surface area contributed by atoms with E-state index in [9.17, 15) is 0 Å². The first kappa shape index (κ1) is 10.9. The van der Waals surface area contributed by atoms with Crippen molar-refractivity contribution in [1.29, 1.82) is 5.26 Å². The summed E-state index contributed by atoms with van der Waals surface area (Å²) in [6.07, 6.45) is 1.73. The Balaban J connectivity index is 2.24. The van der Waals surface area contributed by atoms with Gasteiger partial charge in [-0.3, -0.25) is 4.68 Å². The van der Waals surface area contributed by atoms with E-state index in [1.165, 1.54) is 0 Å². The second-order valence-corrected chi connectivity index (χ2v) is 4.24. The maximum Gasteiger partial charge on any atom is 0.216 e. The SMILES string of the molecule is Cc1nc(Cn2cc(Br)c(C#N)n2)oc1C. The van der Waals surface area contributed by atoms with Gasteiger partial charge < -0.3 is 4.42 Å². The summed E-state index contributed by atoms with van der Waals surface area (Å²) in [6.45, 7) is 4.18. The topological polar surface area (TPSA) is 67.6 Å². The van der Waals surface area contributed by atoms with E-state index < -0.39 is 0 Å². The van der Waals surface area contributed by atoms with E-state index in [0.717, 1.165) is 11.5 Å². The largest absolute Gasteiger partial charge is 0.444 e. The van der Waals surface area contributed by atoms with Crippen LogP contribution in [0.25, 0.3) is 0 Å². The molecule has 0 fully saturated rings. The third-order valence-corrected chi connectivity index (χ3v) is 2.77. The number of aryl methyl sites for hydroxylation is 2. The molecule has 5 nitrogen and oxygen atoms in total. The standard InChI is InChI=1S/C10H9BrN4O/c1-6-7(2)16-10(13-6)5-15-4-8(11)9(3-12)14-15/h4H,5H2,1-2H3. The lowest BCUT2D eigenvalue weighted by molar-refractivity contribution is 0.446. The zero-order valence-corrected chi connectivity index (χ0v) is 10.4. The van der Waals surface area contributed by atoms with Crippen LogP contribution in [0.3, 0.4) is 0 Å². The first-order chi connectivity index (χ1) is 7.60. The summed E-state index contributed by atoms with van der Waals surface area (Å²) in [5.74, 6) is 1.40. The van der Waals surface area contributed by atoms with E-state index in [-0.39, 0.29) is 0 Å². The summed E-state index contributed by atoms with van der Waals surface area (Å²) in [5.41, 5.74) is 1.24. The lowest BCUT2D eigenvalue weighted by atomic mass is 10.4. The molecule has 0 atom stereocenters. The van der Waals surface area contributed by atoms with Crippen molar-refractivity contribution in [3.63, 3.8) is 0 Å². The second-order valence-electron chi connectivity index (χ2n) is 3.38. The van der Waals surface area contributed by atoms with Gasteiger partial charge in [0.1, 0.15) is 18.4 Å². The Hall–Kier alpha value is -1.61. The van der Waals surface area contributed by atoms with E-state index in [4.69, 9.17) is 9.68 Å². The highest BCUT2D eigenvalue weighted by molar-refractivity contribution is 9.10. The molecule has 0 aliphatic carbocycles. The monoisotopic (exact) mass is 280 g/mol. The molecule has 0 aromatic carbocycles. The highest BCUT2D eigenvalue weighted by Gasteiger charge is 2.09. The third-order valence-electron chi connectivity index (χ3n) is 2.19. The van der Waals surface area contributed by atoms with Crippen molar-refractivity contribution in [3.05, 3.63) is 33.7 Å². The van der Waals surface area contributed by atoms with Gasteiger partial charge in [0.05, 0.1) is 10.2 Å². The van der Waals surface area contributed by atoms with Crippen molar-refractivity contribution in [3.8, 4) is 6.07 Å². The van der Waals surface area contributed by atoms with Crippen LogP contribution in [0.1, 0.15) is 23.0 Å². The minimum absolute atomic E-state index is 0.361. The van der Waals surface area contributed by atoms with Crippen LogP contribution >= 0.6 is 15.9 Å². The van der Waals surface area contributed by atoms with Crippen molar-refractivity contribution in [1.82, 2.24) is 14.8 Å². The van der Waals surface area contributed by atoms with Crippen molar-refractivity contribution < 1.29 is 4.42 Å². The lowest BCUT2D eigenvalue weighted by Gasteiger charge is -1.94. The Morgan fingerprint density at radius 1 is 1.56 bits per heavy atom. The van der Waals surface area contributed by atoms with Crippen LogP contribution in [0.2, 0.25) is 0 Å². The molecular weight excluding hydrogens is 272 g/mol. The smallest absolute Gasteiger partial charge is 0.216 e. The molecule has 0 bridgehead atoms. The maximum absolute atomic E-state index is 8.75. The fraction of sp³-hybridized carbons (Fsp3) is 0.300. The number of hydrogen-bond acceptors (Lipinski definition) is 4. The Labute approximate surface area is 101 Å². The van der Waals surface area contributed by atoms with Gasteiger partial charge in [-0.2, -0.15) is 10.4 Å². The summed E-state index contributed by atoms with van der Waals surface area (Å²) >= 11 is 3.25. The molecule has 2 aromatic heterocycles. The molecule has 0 N–H and O–H groups in total. The molecule has 6 heteroatoms. The van der Waals surface area contributed by atoms with Crippen molar-refractivity contribution in [2.75, 3.05) is 0 Å². The lowest BCUT2D eigenvalue weighted by Crippen LogP contribution is -2.00. The number of nitrogens with zero attached hydrogens (tertiary/aromatic N) is 4.